The maximum atomic E-state index is 12.6. The van der Waals surface area contributed by atoms with Gasteiger partial charge in [-0.3, -0.25) is 0 Å². The number of aliphatic hydroxyl groups is 1. The highest BCUT2D eigenvalue weighted by Gasteiger charge is 2.38. The summed E-state index contributed by atoms with van der Waals surface area (Å²) in [6.45, 7) is 0.358. The second kappa shape index (κ2) is 7.49. The summed E-state index contributed by atoms with van der Waals surface area (Å²) in [7, 11) is 1.62. The van der Waals surface area contributed by atoms with Crippen molar-refractivity contribution in [3.8, 4) is 5.75 Å². The number of fused-ring (bicyclic) bond motifs is 1. The number of nitrogens with two attached hydrogens (primary N) is 1. The number of nitrogens with zero attached hydrogens (tertiary/aromatic N) is 1. The van der Waals surface area contributed by atoms with Gasteiger partial charge in [0.2, 0.25) is 0 Å². The number of aromatic nitrogens is 1. The molecule has 28 heavy (non-hydrogen) atoms. The molecule has 0 spiro atoms. The fourth-order valence-electron chi connectivity index (χ4n) is 3.41. The predicted octanol–water partition coefficient (Wildman–Crippen LogP) is 1.52. The lowest BCUT2D eigenvalue weighted by atomic mass is 10.0. The molecule has 0 amide bonds. The van der Waals surface area contributed by atoms with Crippen molar-refractivity contribution < 1.29 is 23.9 Å². The van der Waals surface area contributed by atoms with Crippen LogP contribution in [0.1, 0.15) is 15.9 Å². The lowest BCUT2D eigenvalue weighted by Gasteiger charge is -2.22. The summed E-state index contributed by atoms with van der Waals surface area (Å²) in [6.07, 6.45) is -0.835. The Bertz CT molecular complexity index is 985. The van der Waals surface area contributed by atoms with E-state index in [1.54, 1.807) is 25.3 Å². The largest absolute Gasteiger partial charge is 0.497 e. The van der Waals surface area contributed by atoms with Gasteiger partial charge in [0.1, 0.15) is 18.0 Å². The van der Waals surface area contributed by atoms with Crippen LogP contribution in [-0.2, 0) is 11.2 Å². The van der Waals surface area contributed by atoms with Crippen molar-refractivity contribution >= 4 is 22.8 Å². The first kappa shape index (κ1) is 18.3. The fourth-order valence-corrected chi connectivity index (χ4v) is 3.41. The molecule has 1 aromatic heterocycles. The molecular weight excluding hydrogens is 362 g/mol. The van der Waals surface area contributed by atoms with Gasteiger partial charge in [-0.15, -0.1) is 0 Å². The maximum absolute atomic E-state index is 12.6. The van der Waals surface area contributed by atoms with Crippen LogP contribution >= 0.6 is 0 Å². The monoisotopic (exact) mass is 383 g/mol. The average Bonchev–Trinajstić information content (AvgIpc) is 3.25. The lowest BCUT2D eigenvalue weighted by Crippen LogP contribution is -2.39. The van der Waals surface area contributed by atoms with Gasteiger partial charge in [0, 0.05) is 6.54 Å². The summed E-state index contributed by atoms with van der Waals surface area (Å²) in [5, 5.41) is 17.7. The minimum absolute atomic E-state index is 0.197. The second-order valence-electron chi connectivity index (χ2n) is 6.78. The Labute approximate surface area is 161 Å². The number of hydrogen-bond donors (Lipinski definition) is 3. The van der Waals surface area contributed by atoms with Crippen molar-refractivity contribution in [2.45, 2.75) is 24.7 Å². The Morgan fingerprint density at radius 1 is 1.32 bits per heavy atom. The van der Waals surface area contributed by atoms with Gasteiger partial charge in [0.25, 0.3) is 0 Å². The zero-order valence-corrected chi connectivity index (χ0v) is 15.3. The number of carbonyl (C=O) groups is 1. The minimum atomic E-state index is -0.781. The van der Waals surface area contributed by atoms with Crippen LogP contribution in [0, 0.1) is 0 Å². The molecule has 1 aliphatic rings. The van der Waals surface area contributed by atoms with Crippen LogP contribution in [0.3, 0.4) is 0 Å². The Morgan fingerprint density at radius 3 is 2.86 bits per heavy atom. The van der Waals surface area contributed by atoms with Gasteiger partial charge >= 0.3 is 5.97 Å². The normalized spacial score (nSPS) is 21.7. The van der Waals surface area contributed by atoms with Crippen LogP contribution < -0.4 is 15.8 Å². The number of β-amino-alcohol motifs (C(OH)–C–C–N with tert-alkyl or cyclic N) is 1. The number of rotatable bonds is 5. The van der Waals surface area contributed by atoms with Gasteiger partial charge < -0.3 is 30.2 Å². The highest BCUT2D eigenvalue weighted by Crippen LogP contribution is 2.24. The van der Waals surface area contributed by atoms with E-state index < -0.39 is 18.2 Å². The summed E-state index contributed by atoms with van der Waals surface area (Å²) in [6, 6.07) is 12.2. The van der Waals surface area contributed by atoms with E-state index >= 15 is 0 Å². The standard InChI is InChI=1S/C20H21N3O5/c1-26-13-5-2-11(3-6-13)8-15-18(16(24)10-22-15)27-20(25)12-4-7-17-14(9-12)19(21)23-28-17/h2-7,9,15-16,18,22,24H,8,10H2,1H3,(H2,21,23)/t15-,16+,18+/m1/s1. The zero-order chi connectivity index (χ0) is 19.7. The van der Waals surface area contributed by atoms with E-state index in [1.165, 1.54) is 0 Å². The Balaban J connectivity index is 1.48. The highest BCUT2D eigenvalue weighted by molar-refractivity contribution is 5.97. The molecule has 1 saturated heterocycles. The summed E-state index contributed by atoms with van der Waals surface area (Å²) in [5.41, 5.74) is 7.61. The van der Waals surface area contributed by atoms with E-state index in [1.807, 2.05) is 24.3 Å². The van der Waals surface area contributed by atoms with E-state index in [0.29, 0.717) is 29.5 Å². The van der Waals surface area contributed by atoms with E-state index in [-0.39, 0.29) is 11.9 Å². The summed E-state index contributed by atoms with van der Waals surface area (Å²) in [4.78, 5) is 12.6. The molecule has 0 aliphatic carbocycles. The van der Waals surface area contributed by atoms with E-state index in [2.05, 4.69) is 10.5 Å². The van der Waals surface area contributed by atoms with Gasteiger partial charge in [-0.1, -0.05) is 17.3 Å². The van der Waals surface area contributed by atoms with Gasteiger partial charge in [0.15, 0.2) is 11.4 Å². The number of aliphatic hydroxyl groups excluding tert-OH is 1. The number of anilines is 1. The number of hydrogen-bond acceptors (Lipinski definition) is 8. The van der Waals surface area contributed by atoms with Crippen molar-refractivity contribution in [3.63, 3.8) is 0 Å². The third-order valence-electron chi connectivity index (χ3n) is 4.96. The molecule has 4 rings (SSSR count). The van der Waals surface area contributed by atoms with Crippen LogP contribution in [0.2, 0.25) is 0 Å². The molecular formula is C20H21N3O5. The lowest BCUT2D eigenvalue weighted by molar-refractivity contribution is -0.00774. The molecule has 0 radical (unpaired) electrons. The van der Waals surface area contributed by atoms with Crippen LogP contribution in [0.4, 0.5) is 5.82 Å². The highest BCUT2D eigenvalue weighted by atomic mass is 16.6. The van der Waals surface area contributed by atoms with E-state index in [4.69, 9.17) is 19.7 Å². The predicted molar refractivity (Wildman–Crippen MR) is 102 cm³/mol. The number of methoxy groups -OCH3 is 1. The molecule has 4 N–H and O–H groups in total. The molecule has 2 heterocycles. The van der Waals surface area contributed by atoms with Gasteiger partial charge in [-0.2, -0.15) is 0 Å². The van der Waals surface area contributed by atoms with Crippen molar-refractivity contribution in [1.29, 1.82) is 0 Å². The zero-order valence-electron chi connectivity index (χ0n) is 15.3. The molecule has 8 heteroatoms. The number of benzene rings is 2. The third-order valence-corrected chi connectivity index (χ3v) is 4.96. The Morgan fingerprint density at radius 2 is 2.11 bits per heavy atom. The smallest absolute Gasteiger partial charge is 0.338 e. The average molecular weight is 383 g/mol. The number of ether oxygens (including phenoxy) is 2. The molecule has 8 nitrogen and oxygen atoms in total. The van der Waals surface area contributed by atoms with Crippen molar-refractivity contribution in [2.24, 2.45) is 0 Å². The van der Waals surface area contributed by atoms with Crippen LogP contribution in [-0.4, -0.2) is 48.1 Å². The maximum Gasteiger partial charge on any atom is 0.338 e. The summed E-state index contributed by atoms with van der Waals surface area (Å²) in [5.74, 6) is 0.453. The first-order valence-corrected chi connectivity index (χ1v) is 8.95. The molecule has 146 valence electrons. The first-order chi connectivity index (χ1) is 13.5. The number of nitrogens with one attached hydrogen (secondary N) is 1. The molecule has 3 atom stereocenters. The molecule has 1 fully saturated rings. The van der Waals surface area contributed by atoms with Crippen molar-refractivity contribution in [1.82, 2.24) is 10.5 Å². The molecule has 2 aromatic carbocycles. The minimum Gasteiger partial charge on any atom is -0.497 e. The molecule has 1 aliphatic heterocycles. The van der Waals surface area contributed by atoms with E-state index in [0.717, 1.165) is 11.3 Å². The van der Waals surface area contributed by atoms with Crippen molar-refractivity contribution in [3.05, 3.63) is 53.6 Å². The first-order valence-electron chi connectivity index (χ1n) is 8.95. The quantitative estimate of drug-likeness (QED) is 0.567. The molecule has 3 aromatic rings. The molecule has 0 saturated carbocycles. The van der Waals surface area contributed by atoms with Gasteiger partial charge in [-0.25, -0.2) is 4.79 Å². The van der Waals surface area contributed by atoms with Gasteiger partial charge in [0.05, 0.1) is 24.1 Å². The fraction of sp³-hybridized carbons (Fsp3) is 0.300. The molecule has 0 bridgehead atoms. The van der Waals surface area contributed by atoms with E-state index in [9.17, 15) is 9.90 Å². The Kier molecular flexibility index (Phi) is 4.89. The SMILES string of the molecule is COc1ccc(C[C@H]2NC[C@H](O)[C@H]2OC(=O)c2ccc3onc(N)c3c2)cc1. The second-order valence-corrected chi connectivity index (χ2v) is 6.78. The van der Waals surface area contributed by atoms with Crippen LogP contribution in [0.25, 0.3) is 11.0 Å². The van der Waals surface area contributed by atoms with Crippen molar-refractivity contribution in [2.75, 3.05) is 19.4 Å². The number of nitrogen functional groups attached to an aromatic ring is 1. The van der Waals surface area contributed by atoms with Crippen LogP contribution in [0.5, 0.6) is 5.75 Å². The number of esters is 1. The van der Waals surface area contributed by atoms with Gasteiger partial charge in [-0.05, 0) is 42.3 Å². The summed E-state index contributed by atoms with van der Waals surface area (Å²) >= 11 is 0. The number of carbonyl (C=O) groups excluding carboxylic acids is 1. The Hall–Kier alpha value is -3.10. The molecule has 0 unspecified atom stereocenters. The topological polar surface area (TPSA) is 120 Å². The summed E-state index contributed by atoms with van der Waals surface area (Å²) < 4.78 is 15.9. The van der Waals surface area contributed by atoms with Crippen LogP contribution in [0.15, 0.2) is 47.0 Å². The third kappa shape index (κ3) is 3.51.